The third kappa shape index (κ3) is 4.85. The molecule has 35 heavy (non-hydrogen) atoms. The van der Waals surface area contributed by atoms with Crippen molar-refractivity contribution in [1.29, 1.82) is 0 Å². The molecular weight excluding hydrogens is 466 g/mol. The topological polar surface area (TPSA) is 121 Å². The number of aromatic nitrogens is 1. The fourth-order valence-electron chi connectivity index (χ4n) is 5.88. The van der Waals surface area contributed by atoms with E-state index in [4.69, 9.17) is 9.72 Å². The summed E-state index contributed by atoms with van der Waals surface area (Å²) in [4.78, 5) is 31.0. The van der Waals surface area contributed by atoms with Crippen molar-refractivity contribution in [1.82, 2.24) is 4.98 Å². The Hall–Kier alpha value is -2.75. The van der Waals surface area contributed by atoms with Crippen molar-refractivity contribution in [3.8, 4) is 0 Å². The van der Waals surface area contributed by atoms with Gasteiger partial charge in [-0.05, 0) is 42.7 Å². The third-order valence-electron chi connectivity index (χ3n) is 7.88. The Kier molecular flexibility index (Phi) is 7.30. The van der Waals surface area contributed by atoms with E-state index in [1.807, 2.05) is 37.3 Å². The molecule has 8 nitrogen and oxygen atoms in total. The number of para-hydroxylation sites is 1. The number of hydrogen-bond donors (Lipinski definition) is 4. The van der Waals surface area contributed by atoms with Crippen LogP contribution in [0.1, 0.15) is 49.6 Å². The first-order valence-electron chi connectivity index (χ1n) is 11.9. The number of thiazole rings is 1. The number of ether oxygens (including phenoxy) is 1. The summed E-state index contributed by atoms with van der Waals surface area (Å²) in [6.07, 6.45) is 2.30. The molecule has 1 saturated carbocycles. The van der Waals surface area contributed by atoms with E-state index in [0.29, 0.717) is 24.4 Å². The lowest BCUT2D eigenvalue weighted by Gasteiger charge is -2.58. The zero-order valence-corrected chi connectivity index (χ0v) is 20.9. The van der Waals surface area contributed by atoms with Crippen molar-refractivity contribution in [3.05, 3.63) is 53.6 Å². The number of carbonyl (C=O) groups is 2. The molecule has 0 saturated heterocycles. The van der Waals surface area contributed by atoms with E-state index in [-0.39, 0.29) is 42.8 Å². The molecule has 2 aromatic rings. The van der Waals surface area contributed by atoms with Crippen molar-refractivity contribution in [2.24, 2.45) is 16.7 Å². The summed E-state index contributed by atoms with van der Waals surface area (Å²) in [5, 5.41) is 27.3. The van der Waals surface area contributed by atoms with Gasteiger partial charge in [0.1, 0.15) is 6.61 Å². The van der Waals surface area contributed by atoms with Gasteiger partial charge in [0.15, 0.2) is 5.13 Å². The molecule has 5 unspecified atom stereocenters. The van der Waals surface area contributed by atoms with Crippen molar-refractivity contribution in [2.75, 3.05) is 23.8 Å². The van der Waals surface area contributed by atoms with Crippen molar-refractivity contribution < 1.29 is 24.5 Å². The molecule has 0 radical (unpaired) electrons. The summed E-state index contributed by atoms with van der Waals surface area (Å²) in [5.74, 6) is -0.431. The number of anilines is 2. The Bertz CT molecular complexity index is 1090. The van der Waals surface area contributed by atoms with Crippen LogP contribution in [0.5, 0.6) is 0 Å². The second-order valence-electron chi connectivity index (χ2n) is 9.99. The number of aliphatic hydroxyl groups excluding tert-OH is 2. The van der Waals surface area contributed by atoms with Gasteiger partial charge in [-0.15, -0.1) is 11.3 Å². The highest BCUT2D eigenvalue weighted by molar-refractivity contribution is 7.15. The maximum absolute atomic E-state index is 13.2. The number of amides is 2. The van der Waals surface area contributed by atoms with Gasteiger partial charge >= 0.3 is 6.09 Å². The molecule has 1 heterocycles. The second-order valence-corrected chi connectivity index (χ2v) is 11.1. The summed E-state index contributed by atoms with van der Waals surface area (Å²) >= 11 is 1.35. The first kappa shape index (κ1) is 25.3. The number of nitrogens with zero attached hydrogens (tertiary/aromatic N) is 1. The molecule has 4 rings (SSSR count). The number of hydrogen-bond acceptors (Lipinski definition) is 7. The molecule has 2 aliphatic carbocycles. The molecule has 9 heteroatoms. The molecule has 0 bridgehead atoms. The number of aliphatic hydroxyl groups is 2. The Morgan fingerprint density at radius 2 is 2.03 bits per heavy atom. The number of nitrogens with one attached hydrogen (secondary N) is 2. The minimum atomic E-state index is -0.709. The van der Waals surface area contributed by atoms with Gasteiger partial charge in [-0.25, -0.2) is 9.78 Å². The first-order chi connectivity index (χ1) is 16.7. The van der Waals surface area contributed by atoms with Crippen LogP contribution in [-0.2, 0) is 16.0 Å². The van der Waals surface area contributed by atoms with Crippen LogP contribution in [0.4, 0.5) is 15.6 Å². The second kappa shape index (κ2) is 10.1. The van der Waals surface area contributed by atoms with Crippen LogP contribution in [0.3, 0.4) is 0 Å². The first-order valence-corrected chi connectivity index (χ1v) is 12.7. The molecule has 1 aromatic carbocycles. The molecule has 2 aliphatic rings. The number of carbonyl (C=O) groups excluding carboxylic acids is 2. The Morgan fingerprint density at radius 1 is 1.29 bits per heavy atom. The van der Waals surface area contributed by atoms with E-state index in [9.17, 15) is 19.8 Å². The molecule has 4 N–H and O–H groups in total. The molecule has 5 atom stereocenters. The smallest absolute Gasteiger partial charge is 0.413 e. The van der Waals surface area contributed by atoms with Crippen LogP contribution in [0, 0.1) is 16.7 Å². The molecular formula is C26H33N3O5S. The zero-order chi connectivity index (χ0) is 25.2. The Labute approximate surface area is 209 Å². The van der Waals surface area contributed by atoms with Crippen molar-refractivity contribution in [3.63, 3.8) is 0 Å². The van der Waals surface area contributed by atoms with E-state index in [1.54, 1.807) is 0 Å². The highest BCUT2D eigenvalue weighted by atomic mass is 32.1. The van der Waals surface area contributed by atoms with E-state index in [2.05, 4.69) is 24.1 Å². The molecule has 1 aromatic heterocycles. The summed E-state index contributed by atoms with van der Waals surface area (Å²) in [6.45, 7) is 7.55. The molecule has 188 valence electrons. The van der Waals surface area contributed by atoms with Gasteiger partial charge in [0.2, 0.25) is 5.91 Å². The minimum absolute atomic E-state index is 0.0632. The normalized spacial score (nSPS) is 29.4. The fourth-order valence-corrected chi connectivity index (χ4v) is 6.93. The maximum atomic E-state index is 13.2. The predicted molar refractivity (Wildman–Crippen MR) is 135 cm³/mol. The van der Waals surface area contributed by atoms with Gasteiger partial charge in [-0.1, -0.05) is 44.7 Å². The average molecular weight is 500 g/mol. The van der Waals surface area contributed by atoms with E-state index >= 15 is 0 Å². The van der Waals surface area contributed by atoms with Gasteiger partial charge in [0.05, 0.1) is 18.4 Å². The summed E-state index contributed by atoms with van der Waals surface area (Å²) in [6, 6.07) is 9.31. The standard InChI is InChI=1S/C26H33N3O5S/c1-4-12-34-24(33)29-23-28-22-17(13-21(32)27-16-8-6-5-7-9-16)25(2)11-10-20(31)26(3,15-30)19(25)14-18(22)35-23/h4-9,17,19-20,30-31H,1,10-15H2,2-3H3,(H,27,32)(H,28,29,33). The SMILES string of the molecule is C=CCOC(=O)Nc1nc2c(s1)CC1C(C)(CO)C(O)CCC1(C)C2CC(=O)Nc1ccccc1. The van der Waals surface area contributed by atoms with Gasteiger partial charge in [-0.2, -0.15) is 0 Å². The zero-order valence-electron chi connectivity index (χ0n) is 20.1. The molecule has 1 fully saturated rings. The average Bonchev–Trinajstić information content (AvgIpc) is 3.24. The lowest BCUT2D eigenvalue weighted by molar-refractivity contribution is -0.143. The summed E-state index contributed by atoms with van der Waals surface area (Å²) < 4.78 is 5.03. The van der Waals surface area contributed by atoms with E-state index in [1.165, 1.54) is 17.4 Å². The van der Waals surface area contributed by atoms with Crippen LogP contribution in [0.15, 0.2) is 43.0 Å². The highest BCUT2D eigenvalue weighted by Gasteiger charge is 2.59. The lowest BCUT2D eigenvalue weighted by atomic mass is 9.47. The van der Waals surface area contributed by atoms with Crippen LogP contribution in [-0.4, -0.2) is 46.5 Å². The van der Waals surface area contributed by atoms with Crippen molar-refractivity contribution >= 4 is 34.2 Å². The van der Waals surface area contributed by atoms with Crippen LogP contribution in [0.2, 0.25) is 0 Å². The largest absolute Gasteiger partial charge is 0.445 e. The predicted octanol–water partition coefficient (Wildman–Crippen LogP) is 4.32. The molecule has 0 aliphatic heterocycles. The van der Waals surface area contributed by atoms with Crippen LogP contribution in [0.25, 0.3) is 0 Å². The Balaban J connectivity index is 1.68. The van der Waals surface area contributed by atoms with Gasteiger partial charge in [0.25, 0.3) is 0 Å². The number of rotatable bonds is 7. The molecule has 0 spiro atoms. The number of benzene rings is 1. The highest BCUT2D eigenvalue weighted by Crippen LogP contribution is 2.62. The number of fused-ring (bicyclic) bond motifs is 2. The van der Waals surface area contributed by atoms with Crippen molar-refractivity contribution in [2.45, 2.75) is 51.6 Å². The Morgan fingerprint density at radius 3 is 2.71 bits per heavy atom. The quantitative estimate of drug-likeness (QED) is 0.421. The lowest BCUT2D eigenvalue weighted by Crippen LogP contribution is -2.57. The maximum Gasteiger partial charge on any atom is 0.413 e. The minimum Gasteiger partial charge on any atom is -0.445 e. The van der Waals surface area contributed by atoms with E-state index in [0.717, 1.165) is 16.3 Å². The molecule has 2 amide bonds. The van der Waals surface area contributed by atoms with Crippen LogP contribution < -0.4 is 10.6 Å². The van der Waals surface area contributed by atoms with Gasteiger partial charge in [0, 0.05) is 28.3 Å². The van der Waals surface area contributed by atoms with Gasteiger partial charge in [-0.3, -0.25) is 10.1 Å². The van der Waals surface area contributed by atoms with Gasteiger partial charge < -0.3 is 20.3 Å². The fraction of sp³-hybridized carbons (Fsp3) is 0.500. The summed E-state index contributed by atoms with van der Waals surface area (Å²) in [5.41, 5.74) is 0.443. The van der Waals surface area contributed by atoms with Crippen LogP contribution >= 0.6 is 11.3 Å². The van der Waals surface area contributed by atoms with E-state index < -0.39 is 17.6 Å². The summed E-state index contributed by atoms with van der Waals surface area (Å²) in [7, 11) is 0. The monoisotopic (exact) mass is 499 g/mol. The third-order valence-corrected chi connectivity index (χ3v) is 8.89.